The lowest BCUT2D eigenvalue weighted by atomic mass is 9.88. The molecule has 1 heterocycles. The molecule has 0 unspecified atom stereocenters. The van der Waals surface area contributed by atoms with Gasteiger partial charge in [0.25, 0.3) is 5.56 Å². The summed E-state index contributed by atoms with van der Waals surface area (Å²) < 4.78 is 27.0. The minimum Gasteiger partial charge on any atom is -0.465 e. The molecule has 1 N–H and O–H groups in total. The average molecular weight is 623 g/mol. The molecule has 4 aromatic rings. The Bertz CT molecular complexity index is 1590. The number of methoxy groups -OCH3 is 1. The number of hydrogen-bond acceptors (Lipinski definition) is 6. The molecule has 214 valence electrons. The number of nitrogens with zero attached hydrogens (tertiary/aromatic N) is 2. The Balaban J connectivity index is 1.57. The van der Waals surface area contributed by atoms with E-state index in [0.717, 1.165) is 35.6 Å². The fourth-order valence-corrected chi connectivity index (χ4v) is 5.10. The van der Waals surface area contributed by atoms with Crippen LogP contribution in [-0.4, -0.2) is 29.2 Å². The molecule has 0 atom stereocenters. The maximum atomic E-state index is 14.8. The van der Waals surface area contributed by atoms with Crippen LogP contribution in [0.3, 0.4) is 0 Å². The summed E-state index contributed by atoms with van der Waals surface area (Å²) in [6, 6.07) is 20.7. The number of carbonyl (C=O) groups is 1. The number of ether oxygens (including phenoxy) is 2. The van der Waals surface area contributed by atoms with E-state index in [2.05, 4.69) is 32.3 Å². The Hall–Kier alpha value is -3.82. The minimum atomic E-state index is -0.701. The van der Waals surface area contributed by atoms with Gasteiger partial charge in [-0.05, 0) is 78.4 Å². The van der Waals surface area contributed by atoms with Crippen LogP contribution in [0.1, 0.15) is 52.9 Å². The number of carbonyl (C=O) groups excluding carboxylic acids is 1. The van der Waals surface area contributed by atoms with E-state index >= 15 is 0 Å². The molecule has 0 saturated heterocycles. The Morgan fingerprint density at radius 3 is 2.54 bits per heavy atom. The predicted octanol–water partition coefficient (Wildman–Crippen LogP) is 6.73. The Morgan fingerprint density at radius 1 is 1.10 bits per heavy atom. The van der Waals surface area contributed by atoms with Crippen LogP contribution in [-0.2, 0) is 28.0 Å². The van der Waals surface area contributed by atoms with E-state index in [0.29, 0.717) is 17.8 Å². The molecule has 4 rings (SSSR count). The van der Waals surface area contributed by atoms with Crippen molar-refractivity contribution in [2.24, 2.45) is 0 Å². The van der Waals surface area contributed by atoms with Crippen molar-refractivity contribution in [1.29, 1.82) is 0 Å². The van der Waals surface area contributed by atoms with E-state index in [1.807, 2.05) is 62.4 Å². The van der Waals surface area contributed by atoms with Crippen LogP contribution in [0.5, 0.6) is 0 Å². The molecule has 1 aromatic heterocycles. The van der Waals surface area contributed by atoms with Crippen LogP contribution in [0.4, 0.5) is 10.2 Å². The fourth-order valence-electron chi connectivity index (χ4n) is 4.71. The van der Waals surface area contributed by atoms with Crippen LogP contribution in [0.2, 0.25) is 0 Å². The van der Waals surface area contributed by atoms with E-state index in [9.17, 15) is 14.0 Å². The van der Waals surface area contributed by atoms with Crippen molar-refractivity contribution in [2.75, 3.05) is 19.0 Å². The first-order chi connectivity index (χ1) is 19.6. The highest BCUT2D eigenvalue weighted by Crippen LogP contribution is 2.29. The number of aromatic nitrogens is 2. The third-order valence-corrected chi connectivity index (χ3v) is 7.22. The number of anilines is 1. The summed E-state index contributed by atoms with van der Waals surface area (Å²) in [5.41, 5.74) is 2.55. The molecule has 0 aliphatic carbocycles. The van der Waals surface area contributed by atoms with Gasteiger partial charge in [0.2, 0.25) is 0 Å². The van der Waals surface area contributed by atoms with Gasteiger partial charge in [0.15, 0.2) is 5.82 Å². The topological polar surface area (TPSA) is 82.5 Å². The number of benzene rings is 3. The van der Waals surface area contributed by atoms with Crippen LogP contribution < -0.4 is 10.9 Å². The minimum absolute atomic E-state index is 0.00180. The van der Waals surface area contributed by atoms with Crippen LogP contribution >= 0.6 is 15.9 Å². The lowest BCUT2D eigenvalue weighted by molar-refractivity contribution is 0.0600. The molecule has 9 heteroatoms. The van der Waals surface area contributed by atoms with E-state index in [-0.39, 0.29) is 22.6 Å². The molecular formula is C32H33BrFN3O4. The van der Waals surface area contributed by atoms with Crippen molar-refractivity contribution >= 4 is 27.7 Å². The molecule has 3 aromatic carbocycles. The molecule has 7 nitrogen and oxygen atoms in total. The highest BCUT2D eigenvalue weighted by Gasteiger charge is 2.26. The van der Waals surface area contributed by atoms with Crippen LogP contribution in [0.25, 0.3) is 5.69 Å². The van der Waals surface area contributed by atoms with Gasteiger partial charge >= 0.3 is 5.97 Å². The second-order valence-electron chi connectivity index (χ2n) is 10.2. The third-order valence-electron chi connectivity index (χ3n) is 6.84. The Kier molecular flexibility index (Phi) is 9.73. The summed E-state index contributed by atoms with van der Waals surface area (Å²) >= 11 is 3.38. The average Bonchev–Trinajstić information content (AvgIpc) is 2.96. The SMILES string of the molecule is COC(=O)c1cc(F)c(C)c(-n2cc(Br)nc(NC(C)(C)c3ccccc3CCCOCc3ccccc3)c2=O)c1. The summed E-state index contributed by atoms with van der Waals surface area (Å²) in [6.45, 7) is 6.70. The number of aryl methyl sites for hydroxylation is 1. The van der Waals surface area contributed by atoms with Gasteiger partial charge in [-0.25, -0.2) is 14.2 Å². The molecule has 0 spiro atoms. The maximum Gasteiger partial charge on any atom is 0.338 e. The molecule has 0 fully saturated rings. The largest absolute Gasteiger partial charge is 0.465 e. The van der Waals surface area contributed by atoms with Gasteiger partial charge in [-0.15, -0.1) is 0 Å². The Labute approximate surface area is 247 Å². The zero-order valence-electron chi connectivity index (χ0n) is 23.5. The van der Waals surface area contributed by atoms with Gasteiger partial charge in [-0.1, -0.05) is 54.6 Å². The van der Waals surface area contributed by atoms with Crippen molar-refractivity contribution in [1.82, 2.24) is 9.55 Å². The lowest BCUT2D eigenvalue weighted by Crippen LogP contribution is -2.35. The molecule has 0 saturated carbocycles. The summed E-state index contributed by atoms with van der Waals surface area (Å²) in [7, 11) is 1.22. The first-order valence-electron chi connectivity index (χ1n) is 13.3. The molecule has 0 amide bonds. The first-order valence-corrected chi connectivity index (χ1v) is 14.1. The molecule has 41 heavy (non-hydrogen) atoms. The summed E-state index contributed by atoms with van der Waals surface area (Å²) in [4.78, 5) is 30.2. The van der Waals surface area contributed by atoms with Gasteiger partial charge in [0, 0.05) is 18.4 Å². The van der Waals surface area contributed by atoms with E-state index in [1.165, 1.54) is 23.9 Å². The van der Waals surface area contributed by atoms with Crippen molar-refractivity contribution in [2.45, 2.75) is 45.8 Å². The quantitative estimate of drug-likeness (QED) is 0.148. The zero-order valence-corrected chi connectivity index (χ0v) is 25.1. The molecule has 0 bridgehead atoms. The van der Waals surface area contributed by atoms with Crippen molar-refractivity contribution in [3.63, 3.8) is 0 Å². The van der Waals surface area contributed by atoms with Gasteiger partial charge in [-0.2, -0.15) is 0 Å². The zero-order chi connectivity index (χ0) is 29.6. The number of nitrogens with one attached hydrogen (secondary N) is 1. The standard InChI is InChI=1S/C32H33BrFN3O4/c1-21-26(34)17-24(31(39)40-4)18-27(21)37-19-28(33)35-29(30(37)38)36-32(2,3)25-15-9-8-13-23(25)14-10-16-41-20-22-11-6-5-7-12-22/h5-9,11-13,15,17-19H,10,14,16,20H2,1-4H3,(H,35,36). The van der Waals surface area contributed by atoms with Gasteiger partial charge < -0.3 is 14.8 Å². The Morgan fingerprint density at radius 2 is 1.80 bits per heavy atom. The monoisotopic (exact) mass is 621 g/mol. The number of halogens is 2. The van der Waals surface area contributed by atoms with Crippen molar-refractivity contribution in [3.05, 3.63) is 122 Å². The smallest absolute Gasteiger partial charge is 0.338 e. The van der Waals surface area contributed by atoms with Gasteiger partial charge in [-0.3, -0.25) is 9.36 Å². The molecular weight excluding hydrogens is 589 g/mol. The lowest BCUT2D eigenvalue weighted by Gasteiger charge is -2.30. The number of esters is 1. The predicted molar refractivity (Wildman–Crippen MR) is 161 cm³/mol. The molecule has 0 aliphatic heterocycles. The molecule has 0 radical (unpaired) electrons. The highest BCUT2D eigenvalue weighted by atomic mass is 79.9. The summed E-state index contributed by atoms with van der Waals surface area (Å²) in [5, 5.41) is 3.31. The van der Waals surface area contributed by atoms with Crippen LogP contribution in [0.15, 0.2) is 82.3 Å². The van der Waals surface area contributed by atoms with Crippen molar-refractivity contribution in [3.8, 4) is 5.69 Å². The third kappa shape index (κ3) is 7.28. The summed E-state index contributed by atoms with van der Waals surface area (Å²) in [6.07, 6.45) is 3.08. The van der Waals surface area contributed by atoms with Gasteiger partial charge in [0.1, 0.15) is 10.4 Å². The summed E-state index contributed by atoms with van der Waals surface area (Å²) in [5.74, 6) is -1.25. The van der Waals surface area contributed by atoms with Gasteiger partial charge in [0.05, 0.1) is 30.5 Å². The second kappa shape index (κ2) is 13.2. The second-order valence-corrected chi connectivity index (χ2v) is 11.0. The molecule has 0 aliphatic rings. The van der Waals surface area contributed by atoms with Crippen LogP contribution in [0, 0.1) is 12.7 Å². The van der Waals surface area contributed by atoms with E-state index in [1.54, 1.807) is 6.92 Å². The highest BCUT2D eigenvalue weighted by molar-refractivity contribution is 9.10. The van der Waals surface area contributed by atoms with E-state index in [4.69, 9.17) is 9.47 Å². The fraction of sp³-hybridized carbons (Fsp3) is 0.281. The number of hydrogen-bond donors (Lipinski definition) is 1. The van der Waals surface area contributed by atoms with Crippen molar-refractivity contribution < 1.29 is 18.7 Å². The normalized spacial score (nSPS) is 11.4. The first kappa shape index (κ1) is 30.1. The van der Waals surface area contributed by atoms with E-state index < -0.39 is 22.9 Å². The number of rotatable bonds is 11. The maximum absolute atomic E-state index is 14.8.